The molecule has 2 aromatic rings. The van der Waals surface area contributed by atoms with Gasteiger partial charge in [-0.25, -0.2) is 4.39 Å². The van der Waals surface area contributed by atoms with Crippen molar-refractivity contribution >= 4 is 35.0 Å². The number of carbonyl (C=O) groups is 2. The van der Waals surface area contributed by atoms with Crippen molar-refractivity contribution in [1.29, 1.82) is 0 Å². The van der Waals surface area contributed by atoms with Crippen molar-refractivity contribution < 1.29 is 23.5 Å². The standard InChI is InChI=1S/C23H23Cl2FN2O4/c24-16-3-1-2-15(8-16)6-7-31-10-20(29)27-22-12-23(13-22,14-22)28-21(30)11-32-17-4-5-18(25)19(26)9-17/h1-5,8-9H,6-7,10-14H2,(H,27,29)(H,28,30). The molecule has 6 nitrogen and oxygen atoms in total. The Morgan fingerprint density at radius 3 is 2.31 bits per heavy atom. The number of halogens is 3. The van der Waals surface area contributed by atoms with Crippen LogP contribution in [0.2, 0.25) is 10.0 Å². The minimum Gasteiger partial charge on any atom is -0.484 e. The first-order chi connectivity index (χ1) is 15.3. The Bertz CT molecular complexity index is 1010. The zero-order valence-corrected chi connectivity index (χ0v) is 18.8. The molecule has 3 aliphatic rings. The maximum atomic E-state index is 13.4. The Balaban J connectivity index is 1.11. The second kappa shape index (κ2) is 9.25. The molecule has 0 radical (unpaired) electrons. The Morgan fingerprint density at radius 1 is 0.969 bits per heavy atom. The van der Waals surface area contributed by atoms with E-state index < -0.39 is 5.82 Å². The number of hydrogen-bond donors (Lipinski definition) is 2. The zero-order chi connectivity index (χ0) is 22.8. The van der Waals surface area contributed by atoms with Crippen LogP contribution < -0.4 is 15.4 Å². The highest BCUT2D eigenvalue weighted by atomic mass is 35.5. The lowest BCUT2D eigenvalue weighted by atomic mass is 9.44. The minimum atomic E-state index is -0.602. The molecule has 2 amide bonds. The molecule has 0 spiro atoms. The number of ether oxygens (including phenoxy) is 2. The fraction of sp³-hybridized carbons (Fsp3) is 0.391. The quantitative estimate of drug-likeness (QED) is 0.508. The van der Waals surface area contributed by atoms with Crippen molar-refractivity contribution in [3.05, 3.63) is 63.9 Å². The fourth-order valence-corrected chi connectivity index (χ4v) is 4.81. The topological polar surface area (TPSA) is 76.7 Å². The van der Waals surface area contributed by atoms with Crippen LogP contribution in [0.15, 0.2) is 42.5 Å². The van der Waals surface area contributed by atoms with Crippen LogP contribution in [0.25, 0.3) is 0 Å². The third kappa shape index (κ3) is 5.34. The zero-order valence-electron chi connectivity index (χ0n) is 17.3. The van der Waals surface area contributed by atoms with Gasteiger partial charge in [0.15, 0.2) is 6.61 Å². The summed E-state index contributed by atoms with van der Waals surface area (Å²) in [6.45, 7) is 0.202. The van der Waals surface area contributed by atoms with Gasteiger partial charge in [0.05, 0.1) is 11.6 Å². The number of rotatable bonds is 10. The number of carbonyl (C=O) groups excluding carboxylic acids is 2. The van der Waals surface area contributed by atoms with E-state index in [4.69, 9.17) is 32.7 Å². The molecule has 2 aromatic carbocycles. The summed E-state index contributed by atoms with van der Waals surface area (Å²) in [4.78, 5) is 24.3. The van der Waals surface area contributed by atoms with Crippen LogP contribution in [0.5, 0.6) is 5.75 Å². The van der Waals surface area contributed by atoms with E-state index in [1.807, 2.05) is 24.3 Å². The number of amides is 2. The first-order valence-electron chi connectivity index (χ1n) is 10.3. The fourth-order valence-electron chi connectivity index (χ4n) is 4.48. The molecule has 3 aliphatic carbocycles. The van der Waals surface area contributed by atoms with Gasteiger partial charge in [-0.3, -0.25) is 9.59 Å². The van der Waals surface area contributed by atoms with E-state index in [1.54, 1.807) is 0 Å². The Hall–Kier alpha value is -2.35. The van der Waals surface area contributed by atoms with Crippen molar-refractivity contribution in [3.63, 3.8) is 0 Å². The summed E-state index contributed by atoms with van der Waals surface area (Å²) in [5, 5.41) is 6.63. The first kappa shape index (κ1) is 22.8. The van der Waals surface area contributed by atoms with Crippen LogP contribution in [-0.4, -0.2) is 42.7 Å². The van der Waals surface area contributed by atoms with Gasteiger partial charge < -0.3 is 20.1 Å². The smallest absolute Gasteiger partial charge is 0.258 e. The molecule has 2 N–H and O–H groups in total. The summed E-state index contributed by atoms with van der Waals surface area (Å²) >= 11 is 11.6. The largest absolute Gasteiger partial charge is 0.484 e. The van der Waals surface area contributed by atoms with Crippen molar-refractivity contribution in [3.8, 4) is 5.75 Å². The molecule has 0 aliphatic heterocycles. The average molecular weight is 481 g/mol. The molecular formula is C23H23Cl2FN2O4. The van der Waals surface area contributed by atoms with Crippen molar-refractivity contribution in [2.75, 3.05) is 19.8 Å². The Kier molecular flexibility index (Phi) is 6.60. The summed E-state index contributed by atoms with van der Waals surface area (Å²) in [7, 11) is 0. The molecule has 0 atom stereocenters. The minimum absolute atomic E-state index is 0.00507. The van der Waals surface area contributed by atoms with Gasteiger partial charge >= 0.3 is 0 Å². The van der Waals surface area contributed by atoms with E-state index >= 15 is 0 Å². The van der Waals surface area contributed by atoms with Gasteiger partial charge in [-0.1, -0.05) is 35.3 Å². The van der Waals surface area contributed by atoms with E-state index in [0.29, 0.717) is 37.3 Å². The van der Waals surface area contributed by atoms with Crippen LogP contribution in [-0.2, 0) is 20.7 Å². The summed E-state index contributed by atoms with van der Waals surface area (Å²) in [5.41, 5.74) is 0.493. The summed E-state index contributed by atoms with van der Waals surface area (Å²) < 4.78 is 24.2. The van der Waals surface area contributed by atoms with Crippen LogP contribution in [0.1, 0.15) is 24.8 Å². The predicted molar refractivity (Wildman–Crippen MR) is 118 cm³/mol. The third-order valence-electron chi connectivity index (χ3n) is 5.76. The van der Waals surface area contributed by atoms with Crippen molar-refractivity contribution in [2.45, 2.75) is 36.8 Å². The maximum Gasteiger partial charge on any atom is 0.258 e. The molecule has 170 valence electrons. The maximum absolute atomic E-state index is 13.4. The summed E-state index contributed by atoms with van der Waals surface area (Å²) in [6.07, 6.45) is 2.71. The Labute approximate surface area is 195 Å². The molecule has 0 heterocycles. The van der Waals surface area contributed by atoms with E-state index in [1.165, 1.54) is 12.1 Å². The molecule has 2 bridgehead atoms. The molecule has 9 heteroatoms. The molecule has 0 unspecified atom stereocenters. The van der Waals surface area contributed by atoms with Crippen molar-refractivity contribution in [2.24, 2.45) is 0 Å². The Morgan fingerprint density at radius 2 is 1.66 bits per heavy atom. The highest BCUT2D eigenvalue weighted by Gasteiger charge is 2.69. The third-order valence-corrected chi connectivity index (χ3v) is 6.30. The highest BCUT2D eigenvalue weighted by molar-refractivity contribution is 6.31. The number of benzene rings is 2. The van der Waals surface area contributed by atoms with Gasteiger partial charge in [0.25, 0.3) is 5.91 Å². The SMILES string of the molecule is O=C(COCCc1cccc(Cl)c1)NC12CC(NC(=O)COc3ccc(Cl)c(F)c3)(C1)C2. The van der Waals surface area contributed by atoms with Gasteiger partial charge in [-0.2, -0.15) is 0 Å². The monoisotopic (exact) mass is 480 g/mol. The van der Waals surface area contributed by atoms with E-state index in [-0.39, 0.29) is 46.9 Å². The average Bonchev–Trinajstić information content (AvgIpc) is 2.70. The number of nitrogens with one attached hydrogen (secondary N) is 2. The summed E-state index contributed by atoms with van der Waals surface area (Å²) in [5.74, 6) is -0.818. The van der Waals surface area contributed by atoms with Crippen LogP contribution in [0.4, 0.5) is 4.39 Å². The summed E-state index contributed by atoms with van der Waals surface area (Å²) in [6, 6.07) is 11.5. The van der Waals surface area contributed by atoms with Gasteiger partial charge in [0, 0.05) is 22.2 Å². The lowest BCUT2D eigenvalue weighted by Crippen LogP contribution is -2.84. The first-order valence-corrected chi connectivity index (χ1v) is 11.0. The molecule has 3 saturated carbocycles. The van der Waals surface area contributed by atoms with Crippen LogP contribution in [0.3, 0.4) is 0 Å². The highest BCUT2D eigenvalue weighted by Crippen LogP contribution is 2.60. The lowest BCUT2D eigenvalue weighted by Gasteiger charge is -2.70. The molecular weight excluding hydrogens is 458 g/mol. The van der Waals surface area contributed by atoms with Gasteiger partial charge in [0.2, 0.25) is 5.91 Å². The molecule has 5 rings (SSSR count). The normalized spacial score (nSPS) is 23.0. The molecule has 3 fully saturated rings. The van der Waals surface area contributed by atoms with E-state index in [9.17, 15) is 14.0 Å². The number of hydrogen-bond acceptors (Lipinski definition) is 4. The van der Waals surface area contributed by atoms with Gasteiger partial charge in [0.1, 0.15) is 18.2 Å². The van der Waals surface area contributed by atoms with Gasteiger partial charge in [-0.15, -0.1) is 0 Å². The molecule has 0 aromatic heterocycles. The second-order valence-electron chi connectivity index (χ2n) is 8.48. The lowest BCUT2D eigenvalue weighted by molar-refractivity contribution is -0.152. The molecule has 0 saturated heterocycles. The second-order valence-corrected chi connectivity index (χ2v) is 9.33. The van der Waals surface area contributed by atoms with E-state index in [2.05, 4.69) is 10.6 Å². The van der Waals surface area contributed by atoms with E-state index in [0.717, 1.165) is 11.6 Å². The van der Waals surface area contributed by atoms with Crippen molar-refractivity contribution in [1.82, 2.24) is 10.6 Å². The van der Waals surface area contributed by atoms with Crippen LogP contribution in [0, 0.1) is 5.82 Å². The van der Waals surface area contributed by atoms with Gasteiger partial charge in [-0.05, 0) is 55.5 Å². The molecule has 32 heavy (non-hydrogen) atoms. The predicted octanol–water partition coefficient (Wildman–Crippen LogP) is 3.68. The van der Waals surface area contributed by atoms with Crippen LogP contribution >= 0.6 is 23.2 Å².